The Bertz CT molecular complexity index is 483. The molecule has 0 radical (unpaired) electrons. The molecule has 80 valence electrons. The van der Waals surface area contributed by atoms with E-state index in [1.54, 1.807) is 0 Å². The lowest BCUT2D eigenvalue weighted by Crippen LogP contribution is -2.02. The highest BCUT2D eigenvalue weighted by molar-refractivity contribution is 6.18. The second-order valence-corrected chi connectivity index (χ2v) is 4.39. The Kier molecular flexibility index (Phi) is 3.18. The first kappa shape index (κ1) is 11.1. The molecule has 1 aliphatic rings. The van der Waals surface area contributed by atoms with Gasteiger partial charge < -0.3 is 0 Å². The Hall–Kier alpha value is -1.44. The van der Waals surface area contributed by atoms with Crippen molar-refractivity contribution in [1.82, 2.24) is 0 Å². The average molecular weight is 230 g/mol. The summed E-state index contributed by atoms with van der Waals surface area (Å²) in [6.45, 7) is 0. The van der Waals surface area contributed by atoms with Gasteiger partial charge in [0, 0.05) is 17.9 Å². The van der Waals surface area contributed by atoms with Crippen molar-refractivity contribution in [2.75, 3.05) is 5.88 Å². The summed E-state index contributed by atoms with van der Waals surface area (Å²) in [5, 5.41) is 9.11. The van der Waals surface area contributed by atoms with Gasteiger partial charge in [-0.15, -0.1) is 11.6 Å². The van der Waals surface area contributed by atoms with Gasteiger partial charge in [-0.2, -0.15) is 5.26 Å². The molecule has 1 nitrogen and oxygen atoms in total. The van der Waals surface area contributed by atoms with Crippen LogP contribution in [0.1, 0.15) is 30.4 Å². The van der Waals surface area contributed by atoms with Crippen molar-refractivity contribution < 1.29 is 0 Å². The number of nitriles is 1. The molecule has 0 atom stereocenters. The van der Waals surface area contributed by atoms with E-state index in [-0.39, 0.29) is 5.41 Å². The summed E-state index contributed by atoms with van der Waals surface area (Å²) in [6.07, 6.45) is 2.65. The molecule has 1 aliphatic carbocycles. The van der Waals surface area contributed by atoms with Crippen LogP contribution in [0.4, 0.5) is 0 Å². The molecule has 0 unspecified atom stereocenters. The van der Waals surface area contributed by atoms with Crippen molar-refractivity contribution in [3.63, 3.8) is 0 Å². The lowest BCUT2D eigenvalue weighted by Gasteiger charge is -2.05. The van der Waals surface area contributed by atoms with E-state index >= 15 is 0 Å². The van der Waals surface area contributed by atoms with Crippen molar-refractivity contribution in [3.8, 4) is 17.9 Å². The lowest BCUT2D eigenvalue weighted by atomic mass is 9.96. The van der Waals surface area contributed by atoms with Crippen LogP contribution >= 0.6 is 11.6 Å². The van der Waals surface area contributed by atoms with Crippen LogP contribution in [0.3, 0.4) is 0 Å². The van der Waals surface area contributed by atoms with Crippen molar-refractivity contribution in [3.05, 3.63) is 35.4 Å². The van der Waals surface area contributed by atoms with Gasteiger partial charge in [0.15, 0.2) is 0 Å². The topological polar surface area (TPSA) is 23.8 Å². The van der Waals surface area contributed by atoms with Crippen LogP contribution in [0, 0.1) is 23.2 Å². The Labute approximate surface area is 101 Å². The highest BCUT2D eigenvalue weighted by Crippen LogP contribution is 2.47. The predicted molar refractivity (Wildman–Crippen MR) is 65.2 cm³/mol. The summed E-state index contributed by atoms with van der Waals surface area (Å²) < 4.78 is 0. The van der Waals surface area contributed by atoms with Gasteiger partial charge in [-0.05, 0) is 30.5 Å². The van der Waals surface area contributed by atoms with Gasteiger partial charge in [-0.25, -0.2) is 0 Å². The molecule has 0 saturated heterocycles. The molecule has 0 aromatic heterocycles. The van der Waals surface area contributed by atoms with Crippen LogP contribution in [-0.4, -0.2) is 5.88 Å². The van der Waals surface area contributed by atoms with E-state index in [9.17, 15) is 0 Å². The lowest BCUT2D eigenvalue weighted by molar-refractivity contribution is 0.908. The summed E-state index contributed by atoms with van der Waals surface area (Å²) in [4.78, 5) is 0. The molecule has 0 heterocycles. The van der Waals surface area contributed by atoms with E-state index in [0.717, 1.165) is 24.0 Å². The molecule has 1 aromatic rings. The average Bonchev–Trinajstić information content (AvgIpc) is 3.11. The van der Waals surface area contributed by atoms with E-state index in [1.807, 2.05) is 24.3 Å². The number of benzene rings is 1. The molecule has 0 N–H and O–H groups in total. The van der Waals surface area contributed by atoms with Crippen LogP contribution in [0.25, 0.3) is 0 Å². The molecule has 0 amide bonds. The van der Waals surface area contributed by atoms with Crippen molar-refractivity contribution >= 4 is 11.6 Å². The molecule has 0 spiro atoms. The first-order valence-corrected chi connectivity index (χ1v) is 5.91. The maximum Gasteiger partial charge on any atom is 0.0824 e. The zero-order valence-electron chi connectivity index (χ0n) is 8.96. The fourth-order valence-electron chi connectivity index (χ4n) is 1.70. The predicted octanol–water partition coefficient (Wildman–Crippen LogP) is 3.22. The fraction of sp³-hybridized carbons (Fsp3) is 0.357. The number of halogens is 1. The van der Waals surface area contributed by atoms with Gasteiger partial charge >= 0.3 is 0 Å². The molecule has 1 saturated carbocycles. The molecular weight excluding hydrogens is 218 g/mol. The molecule has 0 aliphatic heterocycles. The fourth-order valence-corrected chi connectivity index (χ4v) is 1.79. The number of nitrogens with zero attached hydrogens (tertiary/aromatic N) is 1. The van der Waals surface area contributed by atoms with Crippen molar-refractivity contribution in [2.24, 2.45) is 0 Å². The molecular formula is C14H12ClN. The summed E-state index contributed by atoms with van der Waals surface area (Å²) in [5.41, 5.74) is 1.86. The normalized spacial score (nSPS) is 15.8. The number of alkyl halides is 1. The zero-order chi connectivity index (χ0) is 11.4. The monoisotopic (exact) mass is 229 g/mol. The van der Waals surface area contributed by atoms with Gasteiger partial charge in [-0.1, -0.05) is 24.0 Å². The van der Waals surface area contributed by atoms with Crippen LogP contribution in [0.15, 0.2) is 24.3 Å². The number of hydrogen-bond acceptors (Lipinski definition) is 1. The quantitative estimate of drug-likeness (QED) is 0.564. The third kappa shape index (κ3) is 2.21. The number of rotatable bonds is 2. The summed E-state index contributed by atoms with van der Waals surface area (Å²) >= 11 is 5.56. The van der Waals surface area contributed by atoms with Gasteiger partial charge in [-0.3, -0.25) is 0 Å². The minimum Gasteiger partial charge on any atom is -0.197 e. The smallest absolute Gasteiger partial charge is 0.0824 e. The highest BCUT2D eigenvalue weighted by Gasteiger charge is 2.44. The zero-order valence-corrected chi connectivity index (χ0v) is 9.72. The van der Waals surface area contributed by atoms with Crippen LogP contribution in [-0.2, 0) is 5.41 Å². The summed E-state index contributed by atoms with van der Waals surface area (Å²) in [5.74, 6) is 6.63. The number of hydrogen-bond donors (Lipinski definition) is 0. The maximum atomic E-state index is 9.11. The van der Waals surface area contributed by atoms with E-state index < -0.39 is 0 Å². The van der Waals surface area contributed by atoms with E-state index in [0.29, 0.717) is 12.3 Å². The van der Waals surface area contributed by atoms with Crippen molar-refractivity contribution in [2.45, 2.75) is 24.7 Å². The molecule has 16 heavy (non-hydrogen) atoms. The Morgan fingerprint density at radius 2 is 2.19 bits per heavy atom. The standard InChI is InChI=1S/C14H12ClN/c15-9-2-1-4-12-5-3-6-13(10-12)14(11-16)7-8-14/h3,5-6,10H,2,7-9H2. The first-order chi connectivity index (χ1) is 7.80. The minimum atomic E-state index is -0.218. The van der Waals surface area contributed by atoms with Gasteiger partial charge in [0.25, 0.3) is 0 Å². The third-order valence-electron chi connectivity index (χ3n) is 2.83. The van der Waals surface area contributed by atoms with Gasteiger partial charge in [0.1, 0.15) is 0 Å². The Balaban J connectivity index is 2.22. The third-order valence-corrected chi connectivity index (χ3v) is 3.02. The summed E-state index contributed by atoms with van der Waals surface area (Å²) in [6, 6.07) is 10.4. The Morgan fingerprint density at radius 3 is 2.81 bits per heavy atom. The van der Waals surface area contributed by atoms with Gasteiger partial charge in [0.2, 0.25) is 0 Å². The largest absolute Gasteiger partial charge is 0.197 e. The molecule has 2 heteroatoms. The van der Waals surface area contributed by atoms with Crippen LogP contribution in [0.2, 0.25) is 0 Å². The van der Waals surface area contributed by atoms with E-state index in [4.69, 9.17) is 16.9 Å². The maximum absolute atomic E-state index is 9.11. The van der Waals surface area contributed by atoms with Crippen LogP contribution < -0.4 is 0 Å². The molecule has 1 fully saturated rings. The molecule has 2 rings (SSSR count). The SMILES string of the molecule is N#CC1(c2cccc(C#CCCCl)c2)CC1. The highest BCUT2D eigenvalue weighted by atomic mass is 35.5. The molecule has 0 bridgehead atoms. The van der Waals surface area contributed by atoms with Gasteiger partial charge in [0.05, 0.1) is 11.5 Å². The second kappa shape index (κ2) is 4.60. The second-order valence-electron chi connectivity index (χ2n) is 4.02. The first-order valence-electron chi connectivity index (χ1n) is 5.37. The van der Waals surface area contributed by atoms with E-state index in [1.165, 1.54) is 0 Å². The Morgan fingerprint density at radius 1 is 1.38 bits per heavy atom. The van der Waals surface area contributed by atoms with Crippen molar-refractivity contribution in [1.29, 1.82) is 5.26 Å². The molecule has 1 aromatic carbocycles. The van der Waals surface area contributed by atoms with Crippen LogP contribution in [0.5, 0.6) is 0 Å². The van der Waals surface area contributed by atoms with E-state index in [2.05, 4.69) is 17.9 Å². The summed E-state index contributed by atoms with van der Waals surface area (Å²) in [7, 11) is 0. The minimum absolute atomic E-state index is 0.218.